The number of rotatable bonds is 14. The van der Waals surface area contributed by atoms with Gasteiger partial charge < -0.3 is 10.1 Å². The number of hydrogen-bond acceptors (Lipinski definition) is 2. The minimum Gasteiger partial charge on any atom is -0.373 e. The van der Waals surface area contributed by atoms with Crippen molar-refractivity contribution in [1.82, 2.24) is 5.32 Å². The quantitative estimate of drug-likeness (QED) is 0.297. The Balaban J connectivity index is 1.65. The molecule has 1 rings (SSSR count). The van der Waals surface area contributed by atoms with Gasteiger partial charge in [-0.25, -0.2) is 0 Å². The molecule has 116 valence electrons. The Morgan fingerprint density at radius 2 is 1.50 bits per heavy atom. The Bertz CT molecular complexity index is 262. The first kappa shape index (κ1) is 17.2. The van der Waals surface area contributed by atoms with Gasteiger partial charge >= 0.3 is 0 Å². The summed E-state index contributed by atoms with van der Waals surface area (Å²) in [6, 6.07) is 0. The van der Waals surface area contributed by atoms with E-state index in [-0.39, 0.29) is 5.91 Å². The molecule has 0 bridgehead atoms. The van der Waals surface area contributed by atoms with Crippen LogP contribution >= 0.6 is 0 Å². The first-order chi connectivity index (χ1) is 9.83. The van der Waals surface area contributed by atoms with Crippen molar-refractivity contribution in [2.75, 3.05) is 13.2 Å². The van der Waals surface area contributed by atoms with E-state index in [4.69, 9.17) is 4.74 Å². The second-order valence-corrected chi connectivity index (χ2v) is 5.77. The van der Waals surface area contributed by atoms with Gasteiger partial charge in [-0.2, -0.15) is 0 Å². The predicted molar refractivity (Wildman–Crippen MR) is 83.7 cm³/mol. The summed E-state index contributed by atoms with van der Waals surface area (Å²) in [5.74, 6) is -0.0572. The molecule has 1 N–H and O–H groups in total. The summed E-state index contributed by atoms with van der Waals surface area (Å²) < 4.78 is 5.20. The topological polar surface area (TPSA) is 41.6 Å². The number of amides is 1. The standard InChI is InChI=1S/C17H31NO2/c1-2-17(19)18-14-12-10-8-6-4-3-5-7-9-11-13-16-15-20-16/h2,16H,1,3-15H2,(H,18,19). The number of unbranched alkanes of at least 4 members (excludes halogenated alkanes) is 9. The van der Waals surface area contributed by atoms with Gasteiger partial charge in [0, 0.05) is 6.54 Å². The Morgan fingerprint density at radius 3 is 2.00 bits per heavy atom. The van der Waals surface area contributed by atoms with Crippen molar-refractivity contribution in [1.29, 1.82) is 0 Å². The fourth-order valence-electron chi connectivity index (χ4n) is 2.43. The third kappa shape index (κ3) is 11.0. The second kappa shape index (κ2) is 12.0. The molecule has 0 aromatic heterocycles. The van der Waals surface area contributed by atoms with Crippen molar-refractivity contribution in [2.24, 2.45) is 0 Å². The molecule has 1 saturated heterocycles. The van der Waals surface area contributed by atoms with Crippen LogP contribution in [-0.2, 0) is 9.53 Å². The molecule has 0 radical (unpaired) electrons. The molecule has 1 aliphatic heterocycles. The summed E-state index contributed by atoms with van der Waals surface area (Å²) in [7, 11) is 0. The molecule has 1 amide bonds. The second-order valence-electron chi connectivity index (χ2n) is 5.77. The lowest BCUT2D eigenvalue weighted by molar-refractivity contribution is -0.116. The normalized spacial score (nSPS) is 16.9. The molecule has 0 aromatic carbocycles. The zero-order chi connectivity index (χ0) is 14.5. The van der Waals surface area contributed by atoms with Crippen molar-refractivity contribution >= 4 is 5.91 Å². The van der Waals surface area contributed by atoms with Gasteiger partial charge in [-0.1, -0.05) is 64.4 Å². The van der Waals surface area contributed by atoms with E-state index in [0.29, 0.717) is 6.10 Å². The van der Waals surface area contributed by atoms with E-state index in [2.05, 4.69) is 11.9 Å². The number of hydrogen-bond donors (Lipinski definition) is 1. The van der Waals surface area contributed by atoms with Gasteiger partial charge in [0.05, 0.1) is 12.7 Å². The Kier molecular flexibility index (Phi) is 10.3. The molecule has 1 heterocycles. The molecule has 0 aliphatic carbocycles. The smallest absolute Gasteiger partial charge is 0.243 e. The maximum Gasteiger partial charge on any atom is 0.243 e. The molecule has 3 heteroatoms. The third-order valence-corrected chi connectivity index (χ3v) is 3.84. The number of nitrogens with one attached hydrogen (secondary N) is 1. The minimum absolute atomic E-state index is 0.0572. The fourth-order valence-corrected chi connectivity index (χ4v) is 2.43. The van der Waals surface area contributed by atoms with Crippen LogP contribution in [0.15, 0.2) is 12.7 Å². The van der Waals surface area contributed by atoms with Gasteiger partial charge in [-0.05, 0) is 18.9 Å². The van der Waals surface area contributed by atoms with E-state index >= 15 is 0 Å². The molecule has 1 atom stereocenters. The lowest BCUT2D eigenvalue weighted by Gasteiger charge is -2.03. The van der Waals surface area contributed by atoms with Crippen molar-refractivity contribution < 1.29 is 9.53 Å². The Labute approximate surface area is 124 Å². The van der Waals surface area contributed by atoms with Gasteiger partial charge in [0.15, 0.2) is 0 Å². The van der Waals surface area contributed by atoms with E-state index in [9.17, 15) is 4.79 Å². The van der Waals surface area contributed by atoms with Crippen LogP contribution in [-0.4, -0.2) is 25.2 Å². The highest BCUT2D eigenvalue weighted by atomic mass is 16.6. The maximum absolute atomic E-state index is 10.9. The SMILES string of the molecule is C=CC(=O)NCCCCCCCCCCCCC1CO1. The summed E-state index contributed by atoms with van der Waals surface area (Å²) in [5, 5.41) is 2.81. The van der Waals surface area contributed by atoms with Crippen molar-refractivity contribution in [3.63, 3.8) is 0 Å². The monoisotopic (exact) mass is 281 g/mol. The molecule has 3 nitrogen and oxygen atoms in total. The van der Waals surface area contributed by atoms with E-state index in [0.717, 1.165) is 19.6 Å². The number of epoxide rings is 1. The van der Waals surface area contributed by atoms with Crippen LogP contribution in [0.25, 0.3) is 0 Å². The molecule has 0 spiro atoms. The van der Waals surface area contributed by atoms with Crippen LogP contribution in [0.4, 0.5) is 0 Å². The molecule has 0 saturated carbocycles. The van der Waals surface area contributed by atoms with E-state index in [1.807, 2.05) is 0 Å². The van der Waals surface area contributed by atoms with Crippen LogP contribution in [0.1, 0.15) is 70.6 Å². The number of carbonyl (C=O) groups excluding carboxylic acids is 1. The summed E-state index contributed by atoms with van der Waals surface area (Å²) in [5.41, 5.74) is 0. The fraction of sp³-hybridized carbons (Fsp3) is 0.824. The molecule has 20 heavy (non-hydrogen) atoms. The first-order valence-electron chi connectivity index (χ1n) is 8.35. The summed E-state index contributed by atoms with van der Waals surface area (Å²) in [6.07, 6.45) is 16.4. The minimum atomic E-state index is -0.0572. The zero-order valence-electron chi connectivity index (χ0n) is 12.9. The maximum atomic E-state index is 10.9. The number of ether oxygens (including phenoxy) is 1. The lowest BCUT2D eigenvalue weighted by atomic mass is 10.1. The van der Waals surface area contributed by atoms with E-state index < -0.39 is 0 Å². The van der Waals surface area contributed by atoms with Crippen LogP contribution in [0, 0.1) is 0 Å². The molecule has 0 aromatic rings. The highest BCUT2D eigenvalue weighted by Gasteiger charge is 2.20. The van der Waals surface area contributed by atoms with Crippen molar-refractivity contribution in [2.45, 2.75) is 76.7 Å². The summed E-state index contributed by atoms with van der Waals surface area (Å²) in [6.45, 7) is 5.23. The Morgan fingerprint density at radius 1 is 1.00 bits per heavy atom. The largest absolute Gasteiger partial charge is 0.373 e. The molecule has 1 aliphatic rings. The first-order valence-corrected chi connectivity index (χ1v) is 8.35. The van der Waals surface area contributed by atoms with Gasteiger partial charge in [0.25, 0.3) is 0 Å². The van der Waals surface area contributed by atoms with Crippen molar-refractivity contribution in [3.05, 3.63) is 12.7 Å². The molecular weight excluding hydrogens is 250 g/mol. The zero-order valence-corrected chi connectivity index (χ0v) is 12.9. The highest BCUT2D eigenvalue weighted by molar-refractivity contribution is 5.86. The molecular formula is C17H31NO2. The van der Waals surface area contributed by atoms with Crippen LogP contribution in [0.3, 0.4) is 0 Å². The highest BCUT2D eigenvalue weighted by Crippen LogP contribution is 2.18. The lowest BCUT2D eigenvalue weighted by Crippen LogP contribution is -2.21. The van der Waals surface area contributed by atoms with Crippen LogP contribution in [0.5, 0.6) is 0 Å². The molecule has 1 unspecified atom stereocenters. The number of carbonyl (C=O) groups is 1. The van der Waals surface area contributed by atoms with Gasteiger partial charge in [-0.3, -0.25) is 4.79 Å². The van der Waals surface area contributed by atoms with Gasteiger partial charge in [-0.15, -0.1) is 0 Å². The van der Waals surface area contributed by atoms with Crippen molar-refractivity contribution in [3.8, 4) is 0 Å². The summed E-state index contributed by atoms with van der Waals surface area (Å²) in [4.78, 5) is 10.9. The average molecular weight is 281 g/mol. The van der Waals surface area contributed by atoms with E-state index in [1.165, 1.54) is 70.3 Å². The summed E-state index contributed by atoms with van der Waals surface area (Å²) >= 11 is 0. The predicted octanol–water partition coefficient (Wildman–Crippen LogP) is 3.98. The van der Waals surface area contributed by atoms with Crippen LogP contribution in [0.2, 0.25) is 0 Å². The van der Waals surface area contributed by atoms with Gasteiger partial charge in [0.2, 0.25) is 5.91 Å². The third-order valence-electron chi connectivity index (χ3n) is 3.84. The molecule has 1 fully saturated rings. The van der Waals surface area contributed by atoms with Crippen LogP contribution < -0.4 is 5.32 Å². The Hall–Kier alpha value is -0.830. The van der Waals surface area contributed by atoms with Gasteiger partial charge in [0.1, 0.15) is 0 Å². The van der Waals surface area contributed by atoms with E-state index in [1.54, 1.807) is 0 Å². The average Bonchev–Trinajstić information content (AvgIpc) is 3.27.